The van der Waals surface area contributed by atoms with E-state index in [4.69, 9.17) is 32.3 Å². The third-order valence-electron chi connectivity index (χ3n) is 7.51. The van der Waals surface area contributed by atoms with Gasteiger partial charge in [-0.05, 0) is 60.7 Å². The molecule has 0 radical (unpaired) electrons. The molecule has 264 valence electrons. The van der Waals surface area contributed by atoms with Crippen LogP contribution in [-0.4, -0.2) is 79.0 Å². The molecule has 4 amide bonds. The van der Waals surface area contributed by atoms with E-state index in [0.717, 1.165) is 36.4 Å². The third-order valence-corrected chi connectivity index (χ3v) is 9.86. The Morgan fingerprint density at radius 1 is 0.431 bits per heavy atom. The van der Waals surface area contributed by atoms with Crippen LogP contribution in [0.5, 0.6) is 34.5 Å². The fraction of sp³-hybridized carbons (Fsp3) is 0.125. The van der Waals surface area contributed by atoms with Crippen molar-refractivity contribution in [2.24, 2.45) is 0 Å². The van der Waals surface area contributed by atoms with Crippen molar-refractivity contribution >= 4 is 43.9 Å². The van der Waals surface area contributed by atoms with E-state index in [-0.39, 0.29) is 66.9 Å². The Bertz CT molecular complexity index is 2210. The van der Waals surface area contributed by atoms with Crippen molar-refractivity contribution in [1.82, 2.24) is 10.1 Å². The van der Waals surface area contributed by atoms with Gasteiger partial charge in [-0.15, -0.1) is 18.7 Å². The standard InChI is InChI=1S/C32H24N2O15S2/c1-43-25-11-7-19(15-27(25)45-3)50(39,40)48-33-29(35)21-9-5-17(13-23(21)31(33)37)47-18-6-10-22-24(14-18)32(38)34(30(22)36)49-51(41,42)20-8-12-26(44-2)28(16-20)46-4/h5-16H,1-4H3. The zero-order valence-corrected chi connectivity index (χ0v) is 28.4. The number of fused-ring (bicyclic) bond motifs is 2. The first-order valence-corrected chi connectivity index (χ1v) is 17.1. The first-order valence-electron chi connectivity index (χ1n) is 14.3. The van der Waals surface area contributed by atoms with Crippen LogP contribution < -0.4 is 23.7 Å². The number of amides is 4. The van der Waals surface area contributed by atoms with Gasteiger partial charge in [-0.25, -0.2) is 0 Å². The van der Waals surface area contributed by atoms with Crippen LogP contribution in [0.3, 0.4) is 0 Å². The van der Waals surface area contributed by atoms with Crippen molar-refractivity contribution in [3.05, 3.63) is 95.1 Å². The second kappa shape index (κ2) is 13.0. The van der Waals surface area contributed by atoms with Crippen LogP contribution in [0.4, 0.5) is 0 Å². The molecule has 0 N–H and O–H groups in total. The fourth-order valence-electron chi connectivity index (χ4n) is 5.02. The summed E-state index contributed by atoms with van der Waals surface area (Å²) in [5, 5.41) is 0.176. The van der Waals surface area contributed by atoms with Crippen molar-refractivity contribution in [2.75, 3.05) is 28.4 Å². The average Bonchev–Trinajstić information content (AvgIpc) is 3.49. The first-order chi connectivity index (χ1) is 24.2. The number of rotatable bonds is 12. The second-order valence-corrected chi connectivity index (χ2v) is 13.5. The van der Waals surface area contributed by atoms with Crippen LogP contribution in [0.25, 0.3) is 0 Å². The van der Waals surface area contributed by atoms with Gasteiger partial charge >= 0.3 is 20.2 Å². The molecule has 4 aromatic rings. The number of hydrogen-bond donors (Lipinski definition) is 0. The number of nitrogens with zero attached hydrogens (tertiary/aromatic N) is 2. The molecular weight excluding hydrogens is 716 g/mol. The van der Waals surface area contributed by atoms with Crippen molar-refractivity contribution < 1.29 is 68.3 Å². The predicted molar refractivity (Wildman–Crippen MR) is 170 cm³/mol. The second-order valence-electron chi connectivity index (χ2n) is 10.4. The molecule has 17 nitrogen and oxygen atoms in total. The lowest BCUT2D eigenvalue weighted by Crippen LogP contribution is -2.32. The summed E-state index contributed by atoms with van der Waals surface area (Å²) in [7, 11) is -4.12. The zero-order chi connectivity index (χ0) is 36.8. The maximum Gasteiger partial charge on any atom is 0.318 e. The average molecular weight is 741 g/mol. The molecule has 0 unspecified atom stereocenters. The molecule has 2 heterocycles. The SMILES string of the molecule is COc1ccc(S(=O)(=O)ON2C(=O)c3ccc(Oc4ccc5c(c4)C(=O)N(OS(=O)(=O)c4ccc(OC)c(OC)c4)C5=O)cc3C2=O)cc1OC. The maximum atomic E-state index is 13.1. The summed E-state index contributed by atoms with van der Waals surface area (Å²) < 4.78 is 87.9. The summed E-state index contributed by atoms with van der Waals surface area (Å²) in [4.78, 5) is 51.4. The lowest BCUT2D eigenvalue weighted by molar-refractivity contribution is -0.0107. The highest BCUT2D eigenvalue weighted by molar-refractivity contribution is 7.87. The number of carbonyl (C=O) groups excluding carboxylic acids is 4. The number of hydrogen-bond acceptors (Lipinski definition) is 15. The van der Waals surface area contributed by atoms with E-state index >= 15 is 0 Å². The topological polar surface area (TPSA) is 208 Å². The van der Waals surface area contributed by atoms with Crippen LogP contribution in [0.15, 0.2) is 82.6 Å². The Morgan fingerprint density at radius 3 is 1.14 bits per heavy atom. The van der Waals surface area contributed by atoms with E-state index in [1.165, 1.54) is 64.8 Å². The highest BCUT2D eigenvalue weighted by Gasteiger charge is 2.42. The van der Waals surface area contributed by atoms with E-state index < -0.39 is 53.7 Å². The molecule has 51 heavy (non-hydrogen) atoms. The normalized spacial score (nSPS) is 14.0. The Labute approximate surface area is 289 Å². The molecule has 0 fully saturated rings. The van der Waals surface area contributed by atoms with Crippen LogP contribution >= 0.6 is 0 Å². The Kier molecular flexibility index (Phi) is 8.89. The van der Waals surface area contributed by atoms with Gasteiger partial charge in [0.15, 0.2) is 23.0 Å². The molecule has 2 aliphatic heterocycles. The van der Waals surface area contributed by atoms with Gasteiger partial charge in [-0.2, -0.15) is 16.8 Å². The fourth-order valence-corrected chi connectivity index (χ4v) is 6.83. The number of imide groups is 2. The maximum absolute atomic E-state index is 13.1. The number of carbonyl (C=O) groups is 4. The Morgan fingerprint density at radius 2 is 0.784 bits per heavy atom. The molecule has 0 bridgehead atoms. The smallest absolute Gasteiger partial charge is 0.318 e. The molecule has 2 aliphatic rings. The van der Waals surface area contributed by atoms with E-state index in [0.29, 0.717) is 0 Å². The minimum atomic E-state index is -4.70. The summed E-state index contributed by atoms with van der Waals surface area (Å²) in [5.74, 6) is -3.81. The molecule has 19 heteroatoms. The van der Waals surface area contributed by atoms with Gasteiger partial charge in [-0.3, -0.25) is 19.2 Å². The third kappa shape index (κ3) is 6.18. The van der Waals surface area contributed by atoms with Crippen LogP contribution in [0.2, 0.25) is 0 Å². The number of ether oxygens (including phenoxy) is 5. The highest BCUT2D eigenvalue weighted by atomic mass is 32.2. The molecule has 0 aromatic heterocycles. The van der Waals surface area contributed by atoms with Gasteiger partial charge in [0, 0.05) is 12.1 Å². The summed E-state index contributed by atoms with van der Waals surface area (Å²) in [6.45, 7) is 0. The largest absolute Gasteiger partial charge is 0.493 e. The zero-order valence-electron chi connectivity index (χ0n) is 26.8. The summed E-state index contributed by atoms with van der Waals surface area (Å²) >= 11 is 0. The summed E-state index contributed by atoms with van der Waals surface area (Å²) in [5.41, 5.74) is -0.888. The van der Waals surface area contributed by atoms with Gasteiger partial charge in [0.2, 0.25) is 0 Å². The molecule has 0 saturated heterocycles. The molecule has 0 saturated carbocycles. The lowest BCUT2D eigenvalue weighted by Gasteiger charge is -2.14. The molecule has 0 atom stereocenters. The van der Waals surface area contributed by atoms with Gasteiger partial charge < -0.3 is 23.7 Å². The van der Waals surface area contributed by atoms with E-state index in [1.807, 2.05) is 0 Å². The van der Waals surface area contributed by atoms with Gasteiger partial charge in [0.25, 0.3) is 23.6 Å². The molecule has 6 rings (SSSR count). The molecule has 0 aliphatic carbocycles. The van der Waals surface area contributed by atoms with Crippen LogP contribution in [-0.2, 0) is 28.8 Å². The minimum Gasteiger partial charge on any atom is -0.493 e. The van der Waals surface area contributed by atoms with E-state index in [1.54, 1.807) is 0 Å². The Balaban J connectivity index is 1.19. The predicted octanol–water partition coefficient (Wildman–Crippen LogP) is 3.35. The summed E-state index contributed by atoms with van der Waals surface area (Å²) in [6, 6.07) is 14.3. The first kappa shape index (κ1) is 34.8. The highest BCUT2D eigenvalue weighted by Crippen LogP contribution is 2.36. The Hall–Kier alpha value is -6.02. The summed E-state index contributed by atoms with van der Waals surface area (Å²) in [6.07, 6.45) is 0. The van der Waals surface area contributed by atoms with E-state index in [9.17, 15) is 36.0 Å². The van der Waals surface area contributed by atoms with Crippen LogP contribution in [0, 0.1) is 0 Å². The molecule has 4 aromatic carbocycles. The van der Waals surface area contributed by atoms with Crippen molar-refractivity contribution in [2.45, 2.75) is 9.79 Å². The minimum absolute atomic E-state index is 0.0274. The quantitative estimate of drug-likeness (QED) is 0.191. The van der Waals surface area contributed by atoms with Gasteiger partial charge in [-0.1, -0.05) is 0 Å². The van der Waals surface area contributed by atoms with Crippen molar-refractivity contribution in [3.8, 4) is 34.5 Å². The van der Waals surface area contributed by atoms with E-state index in [2.05, 4.69) is 0 Å². The number of benzene rings is 4. The molecule has 0 spiro atoms. The number of methoxy groups -OCH3 is 4. The lowest BCUT2D eigenvalue weighted by atomic mass is 10.1. The van der Waals surface area contributed by atoms with Gasteiger partial charge in [0.05, 0.1) is 60.5 Å². The monoisotopic (exact) mass is 740 g/mol. The van der Waals surface area contributed by atoms with Gasteiger partial charge in [0.1, 0.15) is 11.5 Å². The van der Waals surface area contributed by atoms with Crippen molar-refractivity contribution in [3.63, 3.8) is 0 Å². The van der Waals surface area contributed by atoms with Crippen molar-refractivity contribution in [1.29, 1.82) is 0 Å². The van der Waals surface area contributed by atoms with Crippen LogP contribution in [0.1, 0.15) is 41.4 Å². The molecular formula is C32H24N2O15S2. The number of hydroxylamine groups is 4.